The average molecular weight is 200 g/mol. The molecule has 0 unspecified atom stereocenters. The Labute approximate surface area is 84.9 Å². The summed E-state index contributed by atoms with van der Waals surface area (Å²) in [7, 11) is 0. The van der Waals surface area contributed by atoms with Gasteiger partial charge in [-0.1, -0.05) is 11.6 Å². The topological polar surface area (TPSA) is 73.9 Å². The van der Waals surface area contributed by atoms with E-state index in [2.05, 4.69) is 15.4 Å². The van der Waals surface area contributed by atoms with Gasteiger partial charge >= 0.3 is 0 Å². The van der Waals surface area contributed by atoms with Gasteiger partial charge in [-0.25, -0.2) is 0 Å². The molecule has 0 spiro atoms. The van der Waals surface area contributed by atoms with Crippen molar-refractivity contribution in [3.8, 4) is 0 Å². The normalized spacial score (nSPS) is 19.9. The molecule has 14 heavy (non-hydrogen) atoms. The predicted molar refractivity (Wildman–Crippen MR) is 56.6 cm³/mol. The van der Waals surface area contributed by atoms with Crippen LogP contribution in [0.25, 0.3) is 0 Å². The molecule has 0 bridgehead atoms. The van der Waals surface area contributed by atoms with Crippen LogP contribution in [0.2, 0.25) is 0 Å². The lowest BCUT2D eigenvalue weighted by Crippen LogP contribution is -2.38. The highest BCUT2D eigenvalue weighted by Crippen LogP contribution is 2.06. The molecular formula is C9H20N4O. The summed E-state index contributed by atoms with van der Waals surface area (Å²) in [5.74, 6) is 0.239. The van der Waals surface area contributed by atoms with Gasteiger partial charge in [-0.3, -0.25) is 0 Å². The summed E-state index contributed by atoms with van der Waals surface area (Å²) in [4.78, 5) is 2.45. The highest BCUT2D eigenvalue weighted by Gasteiger charge is 2.08. The number of likely N-dealkylation sites (tertiary alicyclic amines) is 1. The number of hydrogen-bond acceptors (Lipinski definition) is 4. The summed E-state index contributed by atoms with van der Waals surface area (Å²) in [5.41, 5.74) is 5.32. The van der Waals surface area contributed by atoms with Crippen molar-refractivity contribution >= 4 is 5.84 Å². The fourth-order valence-electron chi connectivity index (χ4n) is 1.67. The van der Waals surface area contributed by atoms with Crippen molar-refractivity contribution in [3.63, 3.8) is 0 Å². The van der Waals surface area contributed by atoms with E-state index in [4.69, 9.17) is 10.9 Å². The van der Waals surface area contributed by atoms with Crippen LogP contribution in [0.4, 0.5) is 0 Å². The minimum atomic E-state index is 0.239. The lowest BCUT2D eigenvalue weighted by Gasteiger charge is -2.26. The third-order valence-electron chi connectivity index (χ3n) is 2.49. The largest absolute Gasteiger partial charge is 0.409 e. The predicted octanol–water partition coefficient (Wildman–Crippen LogP) is -0.192. The molecule has 1 rings (SSSR count). The molecule has 4 N–H and O–H groups in total. The maximum Gasteiger partial charge on any atom is 0.153 e. The first-order chi connectivity index (χ1) is 6.83. The fourth-order valence-corrected chi connectivity index (χ4v) is 1.67. The number of piperidine rings is 1. The number of hydrogen-bond donors (Lipinski definition) is 3. The van der Waals surface area contributed by atoms with Gasteiger partial charge in [-0.15, -0.1) is 0 Å². The van der Waals surface area contributed by atoms with Crippen LogP contribution in [0, 0.1) is 0 Å². The second-order valence-corrected chi connectivity index (χ2v) is 3.67. The van der Waals surface area contributed by atoms with Gasteiger partial charge in [0.05, 0.1) is 6.54 Å². The number of rotatable bonds is 5. The lowest BCUT2D eigenvalue weighted by atomic mass is 10.1. The molecule has 0 amide bonds. The van der Waals surface area contributed by atoms with Crippen molar-refractivity contribution in [1.82, 2.24) is 10.2 Å². The van der Waals surface area contributed by atoms with E-state index < -0.39 is 0 Å². The van der Waals surface area contributed by atoms with Gasteiger partial charge in [-0.05, 0) is 25.9 Å². The molecule has 5 heteroatoms. The molecule has 82 valence electrons. The summed E-state index contributed by atoms with van der Waals surface area (Å²) in [6.45, 7) is 4.84. The quantitative estimate of drug-likeness (QED) is 0.189. The molecule has 0 aliphatic carbocycles. The first-order valence-electron chi connectivity index (χ1n) is 5.22. The molecule has 5 nitrogen and oxygen atoms in total. The maximum absolute atomic E-state index is 8.30. The highest BCUT2D eigenvalue weighted by molar-refractivity contribution is 5.81. The zero-order chi connectivity index (χ0) is 10.2. The Morgan fingerprint density at radius 1 is 1.36 bits per heavy atom. The maximum atomic E-state index is 8.30. The zero-order valence-electron chi connectivity index (χ0n) is 8.58. The van der Waals surface area contributed by atoms with Gasteiger partial charge in [0.1, 0.15) is 0 Å². The van der Waals surface area contributed by atoms with E-state index in [1.165, 1.54) is 32.4 Å². The minimum absolute atomic E-state index is 0.239. The minimum Gasteiger partial charge on any atom is -0.409 e. The van der Waals surface area contributed by atoms with Crippen LogP contribution in [0.5, 0.6) is 0 Å². The van der Waals surface area contributed by atoms with Crippen molar-refractivity contribution in [2.24, 2.45) is 10.9 Å². The van der Waals surface area contributed by atoms with E-state index in [1.807, 2.05) is 0 Å². The van der Waals surface area contributed by atoms with E-state index in [0.29, 0.717) is 6.54 Å². The van der Waals surface area contributed by atoms with Crippen molar-refractivity contribution in [2.45, 2.75) is 19.3 Å². The van der Waals surface area contributed by atoms with Crippen LogP contribution in [0.3, 0.4) is 0 Å². The molecule has 1 saturated heterocycles. The summed E-state index contributed by atoms with van der Waals surface area (Å²) in [6.07, 6.45) is 4.01. The van der Waals surface area contributed by atoms with Crippen LogP contribution >= 0.6 is 0 Å². The Morgan fingerprint density at radius 3 is 2.71 bits per heavy atom. The van der Waals surface area contributed by atoms with Crippen LogP contribution in [0.1, 0.15) is 19.3 Å². The summed E-state index contributed by atoms with van der Waals surface area (Å²) in [5, 5.41) is 14.3. The smallest absolute Gasteiger partial charge is 0.153 e. The van der Waals surface area contributed by atoms with E-state index in [9.17, 15) is 0 Å². The Kier molecular flexibility index (Phi) is 5.32. The summed E-state index contributed by atoms with van der Waals surface area (Å²) < 4.78 is 0. The summed E-state index contributed by atoms with van der Waals surface area (Å²) in [6, 6.07) is 0. The van der Waals surface area contributed by atoms with Crippen molar-refractivity contribution in [1.29, 1.82) is 0 Å². The first-order valence-corrected chi connectivity index (χ1v) is 5.22. The van der Waals surface area contributed by atoms with Gasteiger partial charge in [-0.2, -0.15) is 0 Å². The van der Waals surface area contributed by atoms with Crippen LogP contribution in [0.15, 0.2) is 5.16 Å². The van der Waals surface area contributed by atoms with Gasteiger partial charge in [0.25, 0.3) is 0 Å². The zero-order valence-corrected chi connectivity index (χ0v) is 8.58. The van der Waals surface area contributed by atoms with Crippen molar-refractivity contribution in [2.75, 3.05) is 32.7 Å². The van der Waals surface area contributed by atoms with Crippen molar-refractivity contribution < 1.29 is 5.21 Å². The Morgan fingerprint density at radius 2 is 2.07 bits per heavy atom. The highest BCUT2D eigenvalue weighted by atomic mass is 16.4. The molecule has 0 aromatic heterocycles. The first kappa shape index (κ1) is 11.3. The second-order valence-electron chi connectivity index (χ2n) is 3.67. The van der Waals surface area contributed by atoms with Crippen LogP contribution < -0.4 is 11.1 Å². The van der Waals surface area contributed by atoms with E-state index >= 15 is 0 Å². The fraction of sp³-hybridized carbons (Fsp3) is 0.889. The third-order valence-corrected chi connectivity index (χ3v) is 2.49. The number of oxime groups is 1. The van der Waals surface area contributed by atoms with Gasteiger partial charge in [0, 0.05) is 13.1 Å². The number of amidine groups is 1. The molecule has 0 radical (unpaired) electrons. The molecular weight excluding hydrogens is 180 g/mol. The molecule has 0 aromatic carbocycles. The van der Waals surface area contributed by atoms with E-state index in [1.54, 1.807) is 0 Å². The molecule has 0 atom stereocenters. The van der Waals surface area contributed by atoms with Gasteiger partial charge < -0.3 is 21.2 Å². The molecule has 0 aromatic rings. The number of nitrogens with one attached hydrogen (secondary N) is 1. The number of nitrogens with zero attached hydrogens (tertiary/aromatic N) is 2. The van der Waals surface area contributed by atoms with Crippen LogP contribution in [-0.4, -0.2) is 48.7 Å². The van der Waals surface area contributed by atoms with E-state index in [0.717, 1.165) is 13.1 Å². The summed E-state index contributed by atoms with van der Waals surface area (Å²) >= 11 is 0. The van der Waals surface area contributed by atoms with E-state index in [-0.39, 0.29) is 5.84 Å². The van der Waals surface area contributed by atoms with Crippen LogP contribution in [-0.2, 0) is 0 Å². The molecule has 1 aliphatic heterocycles. The van der Waals surface area contributed by atoms with Crippen molar-refractivity contribution in [3.05, 3.63) is 0 Å². The Hall–Kier alpha value is -0.810. The monoisotopic (exact) mass is 200 g/mol. The molecule has 0 saturated carbocycles. The third kappa shape index (κ3) is 4.43. The SMILES string of the molecule is NC(CNCCN1CCCCC1)=NO. The standard InChI is InChI=1S/C9H20N4O/c10-9(12-14)8-11-4-7-13-5-2-1-3-6-13/h11,14H,1-8H2,(H2,10,12). The second kappa shape index (κ2) is 6.62. The lowest BCUT2D eigenvalue weighted by molar-refractivity contribution is 0.230. The molecule has 1 heterocycles. The number of nitrogens with two attached hydrogens (primary N) is 1. The molecule has 1 fully saturated rings. The Bertz CT molecular complexity index is 178. The molecule has 1 aliphatic rings. The van der Waals surface area contributed by atoms with Gasteiger partial charge in [0.2, 0.25) is 0 Å². The van der Waals surface area contributed by atoms with Gasteiger partial charge in [0.15, 0.2) is 5.84 Å². The Balaban J connectivity index is 1.97. The average Bonchev–Trinajstić information content (AvgIpc) is 2.25.